The molecule has 0 aliphatic rings. The maximum Gasteiger partial charge on any atom is 0.326 e. The van der Waals surface area contributed by atoms with E-state index < -0.39 is 5.97 Å². The molecule has 0 unspecified atom stereocenters. The van der Waals surface area contributed by atoms with Crippen molar-refractivity contribution < 1.29 is 9.53 Å². The van der Waals surface area contributed by atoms with Crippen LogP contribution in [0.4, 0.5) is 0 Å². The van der Waals surface area contributed by atoms with E-state index in [0.29, 0.717) is 16.7 Å². The van der Waals surface area contributed by atoms with Crippen LogP contribution in [0.2, 0.25) is 0 Å². The van der Waals surface area contributed by atoms with Gasteiger partial charge < -0.3 is 4.74 Å². The van der Waals surface area contributed by atoms with Gasteiger partial charge in [0.25, 0.3) is 5.56 Å². The number of esters is 1. The number of fused-ring (bicyclic) bond motifs is 1. The van der Waals surface area contributed by atoms with Crippen LogP contribution in [0.3, 0.4) is 0 Å². The second-order valence-corrected chi connectivity index (χ2v) is 5.56. The molecule has 1 aromatic heterocycles. The molecule has 0 aliphatic carbocycles. The molecule has 0 spiro atoms. The average molecular weight is 334 g/mol. The van der Waals surface area contributed by atoms with E-state index in [1.165, 1.54) is 4.57 Å². The molecule has 5 heteroatoms. The molecule has 3 aromatic rings. The summed E-state index contributed by atoms with van der Waals surface area (Å²) in [7, 11) is 0. The summed E-state index contributed by atoms with van der Waals surface area (Å²) in [6.07, 6.45) is 3.64. The van der Waals surface area contributed by atoms with Crippen molar-refractivity contribution in [2.24, 2.45) is 0 Å². The van der Waals surface area contributed by atoms with Gasteiger partial charge in [-0.05, 0) is 30.7 Å². The smallest absolute Gasteiger partial charge is 0.326 e. The first-order valence-electron chi connectivity index (χ1n) is 7.98. The third kappa shape index (κ3) is 4.01. The van der Waals surface area contributed by atoms with Crippen LogP contribution < -0.4 is 5.56 Å². The van der Waals surface area contributed by atoms with Crippen molar-refractivity contribution in [1.29, 1.82) is 0 Å². The van der Waals surface area contributed by atoms with Crippen molar-refractivity contribution in [2.75, 3.05) is 6.61 Å². The van der Waals surface area contributed by atoms with Crippen LogP contribution in [0.1, 0.15) is 11.4 Å². The lowest BCUT2D eigenvalue weighted by Crippen LogP contribution is -2.28. The zero-order valence-corrected chi connectivity index (χ0v) is 13.9. The van der Waals surface area contributed by atoms with E-state index in [0.717, 1.165) is 5.56 Å². The molecule has 0 saturated heterocycles. The Labute approximate surface area is 145 Å². The average Bonchev–Trinajstić information content (AvgIpc) is 2.63. The Hall–Kier alpha value is -3.21. The molecule has 3 rings (SSSR count). The molecule has 1 heterocycles. The van der Waals surface area contributed by atoms with Crippen molar-refractivity contribution in [3.63, 3.8) is 0 Å². The number of aromatic nitrogens is 2. The van der Waals surface area contributed by atoms with E-state index in [4.69, 9.17) is 4.74 Å². The number of hydrogen-bond acceptors (Lipinski definition) is 4. The molecule has 0 N–H and O–H groups in total. The van der Waals surface area contributed by atoms with Gasteiger partial charge >= 0.3 is 5.97 Å². The monoisotopic (exact) mass is 334 g/mol. The van der Waals surface area contributed by atoms with Gasteiger partial charge in [0.1, 0.15) is 19.0 Å². The zero-order chi connectivity index (χ0) is 17.6. The summed E-state index contributed by atoms with van der Waals surface area (Å²) < 4.78 is 6.52. The first-order valence-corrected chi connectivity index (χ1v) is 7.98. The number of carbonyl (C=O) groups is 1. The third-order valence-electron chi connectivity index (χ3n) is 3.79. The number of benzene rings is 2. The van der Waals surface area contributed by atoms with Gasteiger partial charge in [-0.3, -0.25) is 14.2 Å². The van der Waals surface area contributed by atoms with Crippen molar-refractivity contribution in [1.82, 2.24) is 9.55 Å². The van der Waals surface area contributed by atoms with Gasteiger partial charge in [0.15, 0.2) is 0 Å². The standard InChI is InChI=1S/C20H18N2O3/c1-15-21-18-12-6-5-11-17(18)20(24)22(15)14-19(23)25-13-7-10-16-8-3-2-4-9-16/h2-12H,13-14H2,1H3/b10-7+. The summed E-state index contributed by atoms with van der Waals surface area (Å²) in [5, 5.41) is 0.491. The molecule has 126 valence electrons. The summed E-state index contributed by atoms with van der Waals surface area (Å²) >= 11 is 0. The van der Waals surface area contributed by atoms with Crippen molar-refractivity contribution in [2.45, 2.75) is 13.5 Å². The van der Waals surface area contributed by atoms with Gasteiger partial charge in [-0.2, -0.15) is 0 Å². The highest BCUT2D eigenvalue weighted by Crippen LogP contribution is 2.07. The third-order valence-corrected chi connectivity index (χ3v) is 3.79. The van der Waals surface area contributed by atoms with E-state index in [9.17, 15) is 9.59 Å². The highest BCUT2D eigenvalue weighted by Gasteiger charge is 2.11. The molecule has 0 bridgehead atoms. The molecule has 0 saturated carbocycles. The largest absolute Gasteiger partial charge is 0.460 e. The quantitative estimate of drug-likeness (QED) is 0.673. The lowest BCUT2D eigenvalue weighted by atomic mass is 10.2. The summed E-state index contributed by atoms with van der Waals surface area (Å²) in [5.41, 5.74) is 1.42. The summed E-state index contributed by atoms with van der Waals surface area (Å²) in [6.45, 7) is 1.71. The van der Waals surface area contributed by atoms with Crippen LogP contribution in [0.15, 0.2) is 65.5 Å². The van der Waals surface area contributed by atoms with Crippen LogP contribution in [0.25, 0.3) is 17.0 Å². The summed E-state index contributed by atoms with van der Waals surface area (Å²) in [5.74, 6) is 0.0143. The minimum Gasteiger partial charge on any atom is -0.460 e. The Balaban J connectivity index is 1.66. The molecule has 0 atom stereocenters. The molecule has 0 radical (unpaired) electrons. The first-order chi connectivity index (χ1) is 12.1. The normalized spacial score (nSPS) is 11.1. The van der Waals surface area contributed by atoms with Crippen molar-refractivity contribution >= 4 is 22.9 Å². The van der Waals surface area contributed by atoms with E-state index in [2.05, 4.69) is 4.98 Å². The van der Waals surface area contributed by atoms with Crippen LogP contribution >= 0.6 is 0 Å². The number of ether oxygens (including phenoxy) is 1. The van der Waals surface area contributed by atoms with Crippen LogP contribution in [-0.4, -0.2) is 22.1 Å². The predicted octanol–water partition coefficient (Wildman–Crippen LogP) is 2.96. The lowest BCUT2D eigenvalue weighted by molar-refractivity contribution is -0.143. The van der Waals surface area contributed by atoms with Gasteiger partial charge in [0.2, 0.25) is 0 Å². The van der Waals surface area contributed by atoms with Gasteiger partial charge in [-0.15, -0.1) is 0 Å². The van der Waals surface area contributed by atoms with Crippen LogP contribution in [-0.2, 0) is 16.1 Å². The molecule has 5 nitrogen and oxygen atoms in total. The van der Waals surface area contributed by atoms with Crippen LogP contribution in [0, 0.1) is 6.92 Å². The Morgan fingerprint density at radius 2 is 1.84 bits per heavy atom. The highest BCUT2D eigenvalue weighted by atomic mass is 16.5. The summed E-state index contributed by atoms with van der Waals surface area (Å²) in [6, 6.07) is 16.8. The molecular formula is C20H18N2O3. The fourth-order valence-corrected chi connectivity index (χ4v) is 2.53. The SMILES string of the molecule is Cc1nc2ccccc2c(=O)n1CC(=O)OC/C=C/c1ccccc1. The number of hydrogen-bond donors (Lipinski definition) is 0. The maximum absolute atomic E-state index is 12.5. The molecule has 0 fully saturated rings. The molecule has 0 amide bonds. The number of rotatable bonds is 5. The van der Waals surface area contributed by atoms with Gasteiger partial charge in [0, 0.05) is 0 Å². The van der Waals surface area contributed by atoms with Gasteiger partial charge in [-0.25, -0.2) is 4.98 Å². The van der Waals surface area contributed by atoms with Crippen molar-refractivity contribution in [3.05, 3.63) is 82.4 Å². The number of carbonyl (C=O) groups excluding carboxylic acids is 1. The second-order valence-electron chi connectivity index (χ2n) is 5.56. The number of para-hydroxylation sites is 1. The molecule has 0 aliphatic heterocycles. The van der Waals surface area contributed by atoms with Gasteiger partial charge in [-0.1, -0.05) is 48.5 Å². The van der Waals surface area contributed by atoms with E-state index in [1.54, 1.807) is 31.2 Å². The maximum atomic E-state index is 12.5. The number of nitrogens with zero attached hydrogens (tertiary/aromatic N) is 2. The molecular weight excluding hydrogens is 316 g/mol. The van der Waals surface area contributed by atoms with Gasteiger partial charge in [0.05, 0.1) is 10.9 Å². The minimum absolute atomic E-state index is 0.151. The molecule has 25 heavy (non-hydrogen) atoms. The second kappa shape index (κ2) is 7.57. The Morgan fingerprint density at radius 3 is 2.64 bits per heavy atom. The lowest BCUT2D eigenvalue weighted by Gasteiger charge is -2.10. The Morgan fingerprint density at radius 1 is 1.12 bits per heavy atom. The van der Waals surface area contributed by atoms with E-state index in [1.807, 2.05) is 42.5 Å². The van der Waals surface area contributed by atoms with Crippen molar-refractivity contribution in [3.8, 4) is 0 Å². The van der Waals surface area contributed by atoms with E-state index in [-0.39, 0.29) is 18.7 Å². The minimum atomic E-state index is -0.472. The predicted molar refractivity (Wildman–Crippen MR) is 97.2 cm³/mol. The van der Waals surface area contributed by atoms with E-state index >= 15 is 0 Å². The molecule has 2 aromatic carbocycles. The zero-order valence-electron chi connectivity index (χ0n) is 13.9. The fraction of sp³-hybridized carbons (Fsp3) is 0.150. The first kappa shape index (κ1) is 16.6. The Bertz CT molecular complexity index is 975. The summed E-state index contributed by atoms with van der Waals surface area (Å²) in [4.78, 5) is 28.9. The number of aryl methyl sites for hydroxylation is 1. The topological polar surface area (TPSA) is 61.2 Å². The Kier molecular flexibility index (Phi) is 5.04. The van der Waals surface area contributed by atoms with Crippen LogP contribution in [0.5, 0.6) is 0 Å². The fourth-order valence-electron chi connectivity index (χ4n) is 2.53. The highest BCUT2D eigenvalue weighted by molar-refractivity contribution is 5.78.